The standard InChI is InChI=1S/C11H17N5O.ClH/c12-10(13)16-11(14)15-8-3-4-9-7(6-8)2-1-5-17-9;/h3-4,6,10H,1-2,5,12-13H2,(H3,14,15,16);1H. The van der Waals surface area contributed by atoms with Gasteiger partial charge in [-0.2, -0.15) is 0 Å². The van der Waals surface area contributed by atoms with Crippen molar-refractivity contribution in [2.45, 2.75) is 19.1 Å². The van der Waals surface area contributed by atoms with E-state index in [1.54, 1.807) is 0 Å². The van der Waals surface area contributed by atoms with Gasteiger partial charge in [0.25, 0.3) is 0 Å². The molecule has 6 nitrogen and oxygen atoms in total. The topological polar surface area (TPSA) is 112 Å². The Morgan fingerprint density at radius 3 is 2.89 bits per heavy atom. The Kier molecular flexibility index (Phi) is 5.21. The van der Waals surface area contributed by atoms with Crippen molar-refractivity contribution in [1.29, 1.82) is 0 Å². The van der Waals surface area contributed by atoms with Crippen LogP contribution < -0.4 is 27.3 Å². The number of nitrogens with zero attached hydrogens (tertiary/aromatic N) is 1. The summed E-state index contributed by atoms with van der Waals surface area (Å²) >= 11 is 0. The van der Waals surface area contributed by atoms with Crippen molar-refractivity contribution in [3.63, 3.8) is 0 Å². The second-order valence-corrected chi connectivity index (χ2v) is 3.90. The molecule has 0 bridgehead atoms. The van der Waals surface area contributed by atoms with Crippen LogP contribution in [-0.4, -0.2) is 18.9 Å². The van der Waals surface area contributed by atoms with Gasteiger partial charge in [-0.05, 0) is 36.6 Å². The maximum Gasteiger partial charge on any atom is 0.195 e. The molecule has 0 unspecified atom stereocenters. The van der Waals surface area contributed by atoms with Gasteiger partial charge in [0.05, 0.1) is 6.61 Å². The molecule has 2 rings (SSSR count). The summed E-state index contributed by atoms with van der Waals surface area (Å²) in [7, 11) is 0. The molecule has 18 heavy (non-hydrogen) atoms. The minimum atomic E-state index is -0.802. The number of guanidine groups is 1. The van der Waals surface area contributed by atoms with Crippen LogP contribution in [0.15, 0.2) is 23.2 Å². The average molecular weight is 272 g/mol. The lowest BCUT2D eigenvalue weighted by Crippen LogP contribution is -2.34. The minimum Gasteiger partial charge on any atom is -0.493 e. The van der Waals surface area contributed by atoms with Crippen molar-refractivity contribution in [2.24, 2.45) is 22.2 Å². The molecular weight excluding hydrogens is 254 g/mol. The first-order valence-corrected chi connectivity index (χ1v) is 5.52. The second-order valence-electron chi connectivity index (χ2n) is 3.90. The molecule has 0 amide bonds. The second kappa shape index (κ2) is 6.44. The van der Waals surface area contributed by atoms with E-state index in [9.17, 15) is 0 Å². The van der Waals surface area contributed by atoms with E-state index in [0.717, 1.165) is 30.9 Å². The van der Waals surface area contributed by atoms with E-state index >= 15 is 0 Å². The van der Waals surface area contributed by atoms with Crippen molar-refractivity contribution < 1.29 is 4.74 Å². The molecule has 7 heteroatoms. The molecule has 1 aromatic rings. The van der Waals surface area contributed by atoms with Gasteiger partial charge in [0.2, 0.25) is 0 Å². The SMILES string of the molecule is Cl.N/C(=N\C(N)N)Nc1ccc2c(c1)CCCO2. The fraction of sp³-hybridized carbons (Fsp3) is 0.364. The Morgan fingerprint density at radius 2 is 2.17 bits per heavy atom. The fourth-order valence-corrected chi connectivity index (χ4v) is 1.78. The Balaban J connectivity index is 0.00000162. The number of hydrogen-bond acceptors (Lipinski definition) is 4. The zero-order valence-electron chi connectivity index (χ0n) is 9.93. The fourth-order valence-electron chi connectivity index (χ4n) is 1.78. The Labute approximate surface area is 112 Å². The van der Waals surface area contributed by atoms with E-state index in [4.69, 9.17) is 21.9 Å². The third-order valence-corrected chi connectivity index (χ3v) is 2.47. The molecule has 1 aliphatic heterocycles. The molecule has 100 valence electrons. The van der Waals surface area contributed by atoms with Gasteiger partial charge in [-0.1, -0.05) is 0 Å². The van der Waals surface area contributed by atoms with Crippen molar-refractivity contribution in [3.8, 4) is 5.75 Å². The zero-order valence-corrected chi connectivity index (χ0v) is 10.7. The van der Waals surface area contributed by atoms with Crippen LogP contribution in [0, 0.1) is 0 Å². The van der Waals surface area contributed by atoms with Crippen LogP contribution in [0.25, 0.3) is 0 Å². The number of halogens is 1. The van der Waals surface area contributed by atoms with E-state index in [1.807, 2.05) is 18.2 Å². The van der Waals surface area contributed by atoms with Gasteiger partial charge in [-0.3, -0.25) is 11.5 Å². The van der Waals surface area contributed by atoms with Crippen LogP contribution in [0.3, 0.4) is 0 Å². The summed E-state index contributed by atoms with van der Waals surface area (Å²) in [5.74, 6) is 1.14. The number of aryl methyl sites for hydroxylation is 1. The number of ether oxygens (including phenoxy) is 1. The van der Waals surface area contributed by atoms with Gasteiger partial charge in [0.15, 0.2) is 12.2 Å². The number of rotatable bonds is 2. The largest absolute Gasteiger partial charge is 0.493 e. The van der Waals surface area contributed by atoms with Gasteiger partial charge in [0.1, 0.15) is 5.75 Å². The summed E-state index contributed by atoms with van der Waals surface area (Å²) in [5.41, 5.74) is 18.3. The van der Waals surface area contributed by atoms with Crippen LogP contribution in [0.4, 0.5) is 5.69 Å². The van der Waals surface area contributed by atoms with Gasteiger partial charge in [0, 0.05) is 5.69 Å². The maximum absolute atomic E-state index is 5.63. The lowest BCUT2D eigenvalue weighted by Gasteiger charge is -2.18. The van der Waals surface area contributed by atoms with Crippen molar-refractivity contribution >= 4 is 24.1 Å². The summed E-state index contributed by atoms with van der Waals surface area (Å²) in [6.45, 7) is 0.783. The highest BCUT2D eigenvalue weighted by molar-refractivity contribution is 5.92. The summed E-state index contributed by atoms with van der Waals surface area (Å²) in [6, 6.07) is 5.81. The molecule has 0 spiro atoms. The molecule has 7 N–H and O–H groups in total. The summed E-state index contributed by atoms with van der Waals surface area (Å²) in [6.07, 6.45) is 1.25. The lowest BCUT2D eigenvalue weighted by atomic mass is 10.1. The molecule has 0 saturated carbocycles. The maximum atomic E-state index is 5.63. The predicted octanol–water partition coefficient (Wildman–Crippen LogP) is 0.361. The van der Waals surface area contributed by atoms with Crippen molar-refractivity contribution in [2.75, 3.05) is 11.9 Å². The number of hydrogen-bond donors (Lipinski definition) is 4. The highest BCUT2D eigenvalue weighted by Gasteiger charge is 2.10. The summed E-state index contributed by atoms with van der Waals surface area (Å²) in [4.78, 5) is 3.79. The van der Waals surface area contributed by atoms with Gasteiger partial charge in [-0.15, -0.1) is 12.4 Å². The van der Waals surface area contributed by atoms with E-state index in [0.29, 0.717) is 0 Å². The third kappa shape index (κ3) is 3.76. The molecule has 1 aliphatic rings. The highest BCUT2D eigenvalue weighted by atomic mass is 35.5. The number of nitrogens with one attached hydrogen (secondary N) is 1. The minimum absolute atomic E-state index is 0. The van der Waals surface area contributed by atoms with E-state index in [2.05, 4.69) is 10.3 Å². The van der Waals surface area contributed by atoms with Crippen LogP contribution in [0.1, 0.15) is 12.0 Å². The molecule has 0 fully saturated rings. The van der Waals surface area contributed by atoms with E-state index in [-0.39, 0.29) is 18.4 Å². The molecule has 0 aromatic heterocycles. The van der Waals surface area contributed by atoms with Crippen LogP contribution in [-0.2, 0) is 6.42 Å². The molecule has 0 radical (unpaired) electrons. The van der Waals surface area contributed by atoms with E-state index < -0.39 is 6.29 Å². The molecule has 0 aliphatic carbocycles. The summed E-state index contributed by atoms with van der Waals surface area (Å²) in [5, 5.41) is 2.94. The predicted molar refractivity (Wildman–Crippen MR) is 74.9 cm³/mol. The molecule has 0 atom stereocenters. The van der Waals surface area contributed by atoms with Gasteiger partial charge < -0.3 is 15.8 Å². The Morgan fingerprint density at radius 1 is 1.39 bits per heavy atom. The monoisotopic (exact) mass is 271 g/mol. The molecular formula is C11H18ClN5O. The smallest absolute Gasteiger partial charge is 0.195 e. The number of anilines is 1. The van der Waals surface area contributed by atoms with Crippen LogP contribution >= 0.6 is 12.4 Å². The average Bonchev–Trinajstić information content (AvgIpc) is 2.27. The zero-order chi connectivity index (χ0) is 12.3. The number of benzene rings is 1. The first kappa shape index (κ1) is 14.6. The van der Waals surface area contributed by atoms with Crippen LogP contribution in [0.2, 0.25) is 0 Å². The first-order valence-electron chi connectivity index (χ1n) is 5.52. The van der Waals surface area contributed by atoms with Gasteiger partial charge in [-0.25, -0.2) is 4.99 Å². The number of aliphatic imine (C=N–C) groups is 1. The van der Waals surface area contributed by atoms with Crippen LogP contribution in [0.5, 0.6) is 5.75 Å². The summed E-state index contributed by atoms with van der Waals surface area (Å²) < 4.78 is 5.52. The Bertz CT molecular complexity index is 435. The molecule has 0 saturated heterocycles. The van der Waals surface area contributed by atoms with E-state index in [1.165, 1.54) is 5.56 Å². The third-order valence-electron chi connectivity index (χ3n) is 2.47. The highest BCUT2D eigenvalue weighted by Crippen LogP contribution is 2.27. The van der Waals surface area contributed by atoms with Gasteiger partial charge >= 0.3 is 0 Å². The first-order chi connectivity index (χ1) is 8.15. The molecule has 1 heterocycles. The molecule has 1 aromatic carbocycles. The van der Waals surface area contributed by atoms with Crippen molar-refractivity contribution in [1.82, 2.24) is 0 Å². The lowest BCUT2D eigenvalue weighted by molar-refractivity contribution is 0.288. The van der Waals surface area contributed by atoms with Crippen molar-refractivity contribution in [3.05, 3.63) is 23.8 Å². The number of nitrogens with two attached hydrogens (primary N) is 3. The Hall–Kier alpha value is -1.50. The quantitative estimate of drug-likeness (QED) is 0.353. The number of fused-ring (bicyclic) bond motifs is 1. The normalized spacial score (nSPS) is 14.5.